The van der Waals surface area contributed by atoms with Crippen molar-refractivity contribution in [2.45, 2.75) is 298 Å². The van der Waals surface area contributed by atoms with Crippen LogP contribution in [0.25, 0.3) is 0 Å². The molecule has 0 aliphatic heterocycles. The molecule has 6 heteroatoms. The van der Waals surface area contributed by atoms with E-state index in [1.165, 1.54) is 180 Å². The van der Waals surface area contributed by atoms with E-state index in [0.29, 0.717) is 19.3 Å². The van der Waals surface area contributed by atoms with Crippen LogP contribution < -0.4 is 0 Å². The maximum atomic E-state index is 12.8. The Hall–Kier alpha value is -1.59. The summed E-state index contributed by atoms with van der Waals surface area (Å²) in [6.45, 7) is 11.4. The second-order valence-electron chi connectivity index (χ2n) is 18.9. The molecule has 0 aromatic carbocycles. The van der Waals surface area contributed by atoms with Gasteiger partial charge in [0.15, 0.2) is 6.10 Å². The minimum atomic E-state index is -0.762. The zero-order chi connectivity index (χ0) is 43.3. The van der Waals surface area contributed by atoms with Crippen LogP contribution in [0.5, 0.6) is 0 Å². The van der Waals surface area contributed by atoms with E-state index in [4.69, 9.17) is 14.2 Å². The summed E-state index contributed by atoms with van der Waals surface area (Å²) < 4.78 is 16.8. The summed E-state index contributed by atoms with van der Waals surface area (Å²) in [5.74, 6) is 0.807. The Kier molecular flexibility index (Phi) is 44.7. The Labute approximate surface area is 368 Å². The first kappa shape index (κ1) is 57.4. The molecule has 0 saturated heterocycles. The quantitative estimate of drug-likeness (QED) is 0.0345. The van der Waals surface area contributed by atoms with E-state index in [-0.39, 0.29) is 31.1 Å². The molecule has 0 bridgehead atoms. The average Bonchev–Trinajstić information content (AvgIpc) is 3.22. The molecule has 350 valence electrons. The summed E-state index contributed by atoms with van der Waals surface area (Å²) in [4.78, 5) is 37.9. The standard InChI is InChI=1S/C53H102O6/c1-6-8-9-10-11-12-13-14-15-16-17-18-19-22-30-35-40-45-53(56)59-50(46-57-51(54)43-38-33-28-23-20-21-26-31-36-41-48(3)4)47-58-52(55)44-39-34-29-25-24-27-32-37-42-49(5)7-2/h48-50H,6-47H2,1-5H3/t49?,50-/m1/s1. The predicted octanol–water partition coefficient (Wildman–Crippen LogP) is 16.9. The van der Waals surface area contributed by atoms with Gasteiger partial charge in [0.1, 0.15) is 13.2 Å². The van der Waals surface area contributed by atoms with Crippen molar-refractivity contribution in [3.63, 3.8) is 0 Å². The van der Waals surface area contributed by atoms with Crippen molar-refractivity contribution in [1.82, 2.24) is 0 Å². The molecule has 0 heterocycles. The van der Waals surface area contributed by atoms with Crippen LogP contribution in [0.15, 0.2) is 0 Å². The fraction of sp³-hybridized carbons (Fsp3) is 0.943. The Morgan fingerprint density at radius 3 is 0.966 bits per heavy atom. The highest BCUT2D eigenvalue weighted by Crippen LogP contribution is 2.18. The van der Waals surface area contributed by atoms with E-state index in [0.717, 1.165) is 69.6 Å². The number of esters is 3. The van der Waals surface area contributed by atoms with Crippen molar-refractivity contribution >= 4 is 17.9 Å². The highest BCUT2D eigenvalue weighted by Gasteiger charge is 2.19. The molecule has 1 unspecified atom stereocenters. The molecule has 0 spiro atoms. The van der Waals surface area contributed by atoms with E-state index >= 15 is 0 Å². The molecule has 0 aromatic heterocycles. The first-order chi connectivity index (χ1) is 28.8. The Bertz CT molecular complexity index is 902. The van der Waals surface area contributed by atoms with Gasteiger partial charge in [0.05, 0.1) is 0 Å². The van der Waals surface area contributed by atoms with Crippen LogP contribution in [0.3, 0.4) is 0 Å². The van der Waals surface area contributed by atoms with E-state index < -0.39 is 6.10 Å². The van der Waals surface area contributed by atoms with Gasteiger partial charge in [0.2, 0.25) is 0 Å². The summed E-state index contributed by atoms with van der Waals surface area (Å²) >= 11 is 0. The number of carbonyl (C=O) groups is 3. The van der Waals surface area contributed by atoms with Gasteiger partial charge in [0, 0.05) is 19.3 Å². The largest absolute Gasteiger partial charge is 0.462 e. The lowest BCUT2D eigenvalue weighted by molar-refractivity contribution is -0.167. The second kappa shape index (κ2) is 45.9. The molecule has 0 radical (unpaired) electrons. The summed E-state index contributed by atoms with van der Waals surface area (Å²) in [5, 5.41) is 0. The Morgan fingerprint density at radius 2 is 0.644 bits per heavy atom. The summed E-state index contributed by atoms with van der Waals surface area (Å²) in [7, 11) is 0. The molecule has 0 fully saturated rings. The zero-order valence-corrected chi connectivity index (χ0v) is 40.4. The lowest BCUT2D eigenvalue weighted by atomic mass is 9.99. The number of hydrogen-bond donors (Lipinski definition) is 0. The number of rotatable bonds is 47. The topological polar surface area (TPSA) is 78.9 Å². The molecule has 0 aliphatic carbocycles. The van der Waals surface area contributed by atoms with Gasteiger partial charge in [-0.1, -0.05) is 253 Å². The molecule has 0 aromatic rings. The van der Waals surface area contributed by atoms with Crippen molar-refractivity contribution in [1.29, 1.82) is 0 Å². The number of ether oxygens (including phenoxy) is 3. The molecule has 2 atom stereocenters. The minimum absolute atomic E-state index is 0.0644. The van der Waals surface area contributed by atoms with Crippen LogP contribution in [0.1, 0.15) is 291 Å². The van der Waals surface area contributed by atoms with Gasteiger partial charge in [-0.3, -0.25) is 14.4 Å². The molecule has 6 nitrogen and oxygen atoms in total. The van der Waals surface area contributed by atoms with Crippen LogP contribution in [-0.4, -0.2) is 37.2 Å². The predicted molar refractivity (Wildman–Crippen MR) is 252 cm³/mol. The fourth-order valence-corrected chi connectivity index (χ4v) is 7.96. The van der Waals surface area contributed by atoms with Gasteiger partial charge in [-0.15, -0.1) is 0 Å². The average molecular weight is 835 g/mol. The number of carbonyl (C=O) groups excluding carboxylic acids is 3. The van der Waals surface area contributed by atoms with Crippen molar-refractivity contribution < 1.29 is 28.6 Å². The first-order valence-electron chi connectivity index (χ1n) is 26.3. The van der Waals surface area contributed by atoms with Crippen molar-refractivity contribution in [2.75, 3.05) is 13.2 Å². The lowest BCUT2D eigenvalue weighted by Gasteiger charge is -2.18. The van der Waals surface area contributed by atoms with Gasteiger partial charge in [-0.05, 0) is 31.1 Å². The van der Waals surface area contributed by atoms with Crippen LogP contribution in [0, 0.1) is 11.8 Å². The summed E-state index contributed by atoms with van der Waals surface area (Å²) in [5.41, 5.74) is 0. The Morgan fingerprint density at radius 1 is 0.356 bits per heavy atom. The number of hydrogen-bond acceptors (Lipinski definition) is 6. The van der Waals surface area contributed by atoms with E-state index in [2.05, 4.69) is 34.6 Å². The van der Waals surface area contributed by atoms with Gasteiger partial charge in [-0.25, -0.2) is 0 Å². The summed E-state index contributed by atoms with van der Waals surface area (Å²) in [6, 6.07) is 0. The highest BCUT2D eigenvalue weighted by molar-refractivity contribution is 5.71. The smallest absolute Gasteiger partial charge is 0.306 e. The van der Waals surface area contributed by atoms with Crippen LogP contribution in [0.4, 0.5) is 0 Å². The normalized spacial score (nSPS) is 12.5. The molecule has 0 aliphatic rings. The summed E-state index contributed by atoms with van der Waals surface area (Å²) in [6.07, 6.45) is 46.6. The molecule has 59 heavy (non-hydrogen) atoms. The minimum Gasteiger partial charge on any atom is -0.462 e. The second-order valence-corrected chi connectivity index (χ2v) is 18.9. The van der Waals surface area contributed by atoms with Crippen LogP contribution in [0.2, 0.25) is 0 Å². The first-order valence-corrected chi connectivity index (χ1v) is 26.3. The van der Waals surface area contributed by atoms with E-state index in [1.54, 1.807) is 0 Å². The van der Waals surface area contributed by atoms with Crippen molar-refractivity contribution in [2.24, 2.45) is 11.8 Å². The van der Waals surface area contributed by atoms with Gasteiger partial charge in [0.25, 0.3) is 0 Å². The fourth-order valence-electron chi connectivity index (χ4n) is 7.96. The van der Waals surface area contributed by atoms with E-state index in [1.807, 2.05) is 0 Å². The van der Waals surface area contributed by atoms with Gasteiger partial charge >= 0.3 is 17.9 Å². The molecule has 0 amide bonds. The lowest BCUT2D eigenvalue weighted by Crippen LogP contribution is -2.30. The third-order valence-corrected chi connectivity index (χ3v) is 12.3. The number of unbranched alkanes of at least 4 members (excludes halogenated alkanes) is 31. The van der Waals surface area contributed by atoms with Crippen LogP contribution in [-0.2, 0) is 28.6 Å². The van der Waals surface area contributed by atoms with E-state index in [9.17, 15) is 14.4 Å². The van der Waals surface area contributed by atoms with Crippen LogP contribution >= 0.6 is 0 Å². The maximum Gasteiger partial charge on any atom is 0.306 e. The van der Waals surface area contributed by atoms with Gasteiger partial charge in [-0.2, -0.15) is 0 Å². The highest BCUT2D eigenvalue weighted by atomic mass is 16.6. The van der Waals surface area contributed by atoms with Gasteiger partial charge < -0.3 is 14.2 Å². The maximum absolute atomic E-state index is 12.8. The molecule has 0 saturated carbocycles. The molecule has 0 rings (SSSR count). The molecular weight excluding hydrogens is 733 g/mol. The SMILES string of the molecule is CCCCCCCCCCCCCCCCCCCC(=O)O[C@H](COC(=O)CCCCCCCCCCCC(C)C)COC(=O)CCCCCCCCCCC(C)CC. The van der Waals surface area contributed by atoms with Crippen molar-refractivity contribution in [3.8, 4) is 0 Å². The van der Waals surface area contributed by atoms with Crippen molar-refractivity contribution in [3.05, 3.63) is 0 Å². The zero-order valence-electron chi connectivity index (χ0n) is 40.4. The monoisotopic (exact) mass is 835 g/mol. The third kappa shape index (κ3) is 45.8. The Balaban J connectivity index is 4.31. The molecular formula is C53H102O6. The third-order valence-electron chi connectivity index (χ3n) is 12.3. The molecule has 0 N–H and O–H groups in total.